The fourth-order valence-corrected chi connectivity index (χ4v) is 4.84. The van der Waals surface area contributed by atoms with Crippen LogP contribution in [0, 0.1) is 0 Å². The Morgan fingerprint density at radius 2 is 1.69 bits per heavy atom. The van der Waals surface area contributed by atoms with Gasteiger partial charge in [0.15, 0.2) is 0 Å². The fourth-order valence-electron chi connectivity index (χ4n) is 3.69. The Labute approximate surface area is 193 Å². The highest BCUT2D eigenvalue weighted by Crippen LogP contribution is 2.47. The number of nitrogens with zero attached hydrogens (tertiary/aromatic N) is 2. The summed E-state index contributed by atoms with van der Waals surface area (Å²) < 4.78 is 13.1. The first-order chi connectivity index (χ1) is 13.7. The summed E-state index contributed by atoms with van der Waals surface area (Å²) in [7, 11) is 3.42. The van der Waals surface area contributed by atoms with E-state index in [1.54, 1.807) is 14.2 Å². The second-order valence-corrected chi connectivity index (χ2v) is 7.65. The lowest BCUT2D eigenvalue weighted by Gasteiger charge is -2.18. The molecule has 0 bridgehead atoms. The van der Waals surface area contributed by atoms with Crippen molar-refractivity contribution in [3.63, 3.8) is 0 Å². The monoisotopic (exact) mass is 520 g/mol. The number of rotatable bonds is 5. The summed E-state index contributed by atoms with van der Waals surface area (Å²) in [6.45, 7) is 6.18. The number of methoxy groups -OCH3 is 2. The molecular weight excluding hydrogens is 495 g/mol. The van der Waals surface area contributed by atoms with E-state index in [1.807, 2.05) is 23.9 Å². The predicted molar refractivity (Wildman–Crippen MR) is 116 cm³/mol. The van der Waals surface area contributed by atoms with Crippen molar-refractivity contribution in [2.45, 2.75) is 25.3 Å². The second-order valence-electron chi connectivity index (χ2n) is 6.59. The standard InChI is InChI=1S/C23H25N2O2S.HI/c1-5-24-17(8-7-16-13-18(26-3)9-11-20(16)24)14-23-25(6-2)21-15-19(27-4)10-12-22(21)28-23;/h7-15H,5-6H2,1-4H3;1H/q+1;/p-1. The zero-order valence-corrected chi connectivity index (χ0v) is 20.1. The van der Waals surface area contributed by atoms with E-state index in [0.717, 1.165) is 24.6 Å². The van der Waals surface area contributed by atoms with E-state index in [1.165, 1.54) is 32.2 Å². The third-order valence-electron chi connectivity index (χ3n) is 5.11. The van der Waals surface area contributed by atoms with Gasteiger partial charge in [0.2, 0.25) is 11.2 Å². The third-order valence-corrected chi connectivity index (χ3v) is 6.22. The van der Waals surface area contributed by atoms with E-state index in [2.05, 4.69) is 65.8 Å². The Kier molecular flexibility index (Phi) is 6.95. The van der Waals surface area contributed by atoms with Crippen LogP contribution >= 0.6 is 11.8 Å². The molecule has 6 heteroatoms. The van der Waals surface area contributed by atoms with Crippen LogP contribution in [0.25, 0.3) is 17.0 Å². The van der Waals surface area contributed by atoms with Crippen molar-refractivity contribution < 1.29 is 38.0 Å². The van der Waals surface area contributed by atoms with Crippen LogP contribution in [0.3, 0.4) is 0 Å². The molecule has 2 aromatic carbocycles. The molecule has 1 aromatic heterocycles. The van der Waals surface area contributed by atoms with E-state index in [9.17, 15) is 0 Å². The number of aryl methyl sites for hydroxylation is 1. The van der Waals surface area contributed by atoms with Gasteiger partial charge >= 0.3 is 0 Å². The van der Waals surface area contributed by atoms with Crippen molar-refractivity contribution in [3.05, 3.63) is 59.3 Å². The van der Waals surface area contributed by atoms with Crippen LogP contribution < -0.4 is 42.9 Å². The van der Waals surface area contributed by atoms with Gasteiger partial charge in [-0.1, -0.05) is 11.8 Å². The first-order valence-electron chi connectivity index (χ1n) is 9.54. The van der Waals surface area contributed by atoms with Crippen molar-refractivity contribution in [1.82, 2.24) is 0 Å². The zero-order valence-electron chi connectivity index (χ0n) is 17.1. The molecule has 1 aliphatic rings. The summed E-state index contributed by atoms with van der Waals surface area (Å²) >= 11 is 1.81. The summed E-state index contributed by atoms with van der Waals surface area (Å²) in [5.74, 6) is 1.77. The molecule has 0 spiro atoms. The minimum absolute atomic E-state index is 0. The van der Waals surface area contributed by atoms with Crippen LogP contribution in [0.15, 0.2) is 58.5 Å². The van der Waals surface area contributed by atoms with E-state index >= 15 is 0 Å². The maximum Gasteiger partial charge on any atom is 0.213 e. The Morgan fingerprint density at radius 3 is 2.38 bits per heavy atom. The summed E-state index contributed by atoms with van der Waals surface area (Å²) in [4.78, 5) is 3.61. The molecule has 0 fully saturated rings. The van der Waals surface area contributed by atoms with Gasteiger partial charge in [-0.05, 0) is 44.2 Å². The van der Waals surface area contributed by atoms with Crippen LogP contribution in [0.2, 0.25) is 0 Å². The highest BCUT2D eigenvalue weighted by atomic mass is 127. The number of hydrogen-bond acceptors (Lipinski definition) is 4. The average Bonchev–Trinajstić information content (AvgIpc) is 3.09. The minimum atomic E-state index is 0. The molecule has 0 N–H and O–H groups in total. The van der Waals surface area contributed by atoms with Gasteiger partial charge < -0.3 is 38.4 Å². The van der Waals surface area contributed by atoms with Crippen LogP contribution in [-0.4, -0.2) is 20.8 Å². The second kappa shape index (κ2) is 9.26. The summed E-state index contributed by atoms with van der Waals surface area (Å²) in [6.07, 6.45) is 2.29. The van der Waals surface area contributed by atoms with Gasteiger partial charge in [0.1, 0.15) is 18.0 Å². The highest BCUT2D eigenvalue weighted by Gasteiger charge is 2.26. The highest BCUT2D eigenvalue weighted by molar-refractivity contribution is 8.03. The lowest BCUT2D eigenvalue weighted by Crippen LogP contribution is -3.00. The molecule has 0 saturated carbocycles. The maximum absolute atomic E-state index is 5.42. The van der Waals surface area contributed by atoms with E-state index < -0.39 is 0 Å². The van der Waals surface area contributed by atoms with Crippen LogP contribution in [0.1, 0.15) is 19.5 Å². The largest absolute Gasteiger partial charge is 1.00 e. The van der Waals surface area contributed by atoms with Crippen molar-refractivity contribution >= 4 is 34.4 Å². The summed E-state index contributed by atoms with van der Waals surface area (Å²) in [5, 5.41) is 2.42. The molecule has 4 nitrogen and oxygen atoms in total. The molecule has 3 aromatic rings. The van der Waals surface area contributed by atoms with Crippen molar-refractivity contribution in [1.29, 1.82) is 0 Å². The number of aromatic nitrogens is 1. The first kappa shape index (κ1) is 21.8. The first-order valence-corrected chi connectivity index (χ1v) is 10.4. The number of pyridine rings is 1. The van der Waals surface area contributed by atoms with Crippen LogP contribution in [0.4, 0.5) is 5.69 Å². The molecule has 0 unspecified atom stereocenters. The number of thioether (sulfide) groups is 1. The summed E-state index contributed by atoms with van der Waals surface area (Å²) in [6, 6.07) is 16.9. The quantitative estimate of drug-likeness (QED) is 0.381. The lowest BCUT2D eigenvalue weighted by molar-refractivity contribution is -0.669. The molecule has 29 heavy (non-hydrogen) atoms. The number of fused-ring (bicyclic) bond motifs is 2. The Hall–Kier alpha value is -1.93. The molecule has 0 radical (unpaired) electrons. The number of ether oxygens (including phenoxy) is 2. The molecule has 0 aliphatic carbocycles. The van der Waals surface area contributed by atoms with Gasteiger partial charge in [-0.3, -0.25) is 0 Å². The molecule has 152 valence electrons. The Bertz CT molecular complexity index is 1070. The molecule has 0 amide bonds. The van der Waals surface area contributed by atoms with Gasteiger partial charge in [-0.15, -0.1) is 0 Å². The van der Waals surface area contributed by atoms with Crippen LogP contribution in [-0.2, 0) is 6.54 Å². The maximum atomic E-state index is 5.42. The van der Waals surface area contributed by atoms with E-state index in [0.29, 0.717) is 0 Å². The lowest BCUT2D eigenvalue weighted by atomic mass is 10.1. The summed E-state index contributed by atoms with van der Waals surface area (Å²) in [5.41, 5.74) is 3.62. The average molecular weight is 520 g/mol. The van der Waals surface area contributed by atoms with Gasteiger partial charge in [0, 0.05) is 35.7 Å². The number of anilines is 1. The molecule has 4 rings (SSSR count). The van der Waals surface area contributed by atoms with Crippen LogP contribution in [0.5, 0.6) is 11.5 Å². The van der Waals surface area contributed by atoms with E-state index in [-0.39, 0.29) is 24.0 Å². The van der Waals surface area contributed by atoms with Gasteiger partial charge in [0.05, 0.1) is 30.3 Å². The normalized spacial score (nSPS) is 14.1. The Balaban J connectivity index is 0.00000240. The minimum Gasteiger partial charge on any atom is -1.00 e. The third kappa shape index (κ3) is 4.05. The number of benzene rings is 2. The fraction of sp³-hybridized carbons (Fsp3) is 0.261. The van der Waals surface area contributed by atoms with Crippen molar-refractivity contribution in [3.8, 4) is 11.5 Å². The van der Waals surface area contributed by atoms with E-state index in [4.69, 9.17) is 9.47 Å². The smallest absolute Gasteiger partial charge is 0.213 e. The van der Waals surface area contributed by atoms with Crippen molar-refractivity contribution in [2.75, 3.05) is 25.7 Å². The molecular formula is C23H25IN2O2S. The zero-order chi connectivity index (χ0) is 19.7. The molecule has 0 atom stereocenters. The SMILES string of the molecule is CCN1/C(=C/c2ccc3cc(OC)ccc3[n+]2CC)Sc2ccc(OC)cc21.[I-]. The molecule has 1 aliphatic heterocycles. The molecule has 2 heterocycles. The number of hydrogen-bond donors (Lipinski definition) is 0. The topological polar surface area (TPSA) is 25.6 Å². The predicted octanol–water partition coefficient (Wildman–Crippen LogP) is 2.10. The van der Waals surface area contributed by atoms with Crippen molar-refractivity contribution in [2.24, 2.45) is 0 Å². The van der Waals surface area contributed by atoms with Gasteiger partial charge in [-0.2, -0.15) is 4.57 Å². The van der Waals surface area contributed by atoms with Gasteiger partial charge in [-0.25, -0.2) is 0 Å². The number of halogens is 1. The Morgan fingerprint density at radius 1 is 0.966 bits per heavy atom. The molecule has 0 saturated heterocycles. The van der Waals surface area contributed by atoms with Gasteiger partial charge in [0.25, 0.3) is 0 Å².